The average molecular weight is 522 g/mol. The van der Waals surface area contributed by atoms with Gasteiger partial charge in [0, 0.05) is 31.5 Å². The molecule has 0 aliphatic carbocycles. The van der Waals surface area contributed by atoms with Gasteiger partial charge in [0.05, 0.1) is 5.71 Å². The van der Waals surface area contributed by atoms with Gasteiger partial charge in [-0.05, 0) is 42.0 Å². The molecular formula is C23H20Br2ClNO. The van der Waals surface area contributed by atoms with E-state index in [-0.39, 0.29) is 6.23 Å². The highest BCUT2D eigenvalue weighted by Crippen LogP contribution is 2.35. The van der Waals surface area contributed by atoms with Gasteiger partial charge in [0.25, 0.3) is 0 Å². The van der Waals surface area contributed by atoms with E-state index in [9.17, 15) is 0 Å². The van der Waals surface area contributed by atoms with Gasteiger partial charge in [0.2, 0.25) is 6.23 Å². The summed E-state index contributed by atoms with van der Waals surface area (Å²) < 4.78 is 8.14. The minimum Gasteiger partial charge on any atom is -0.464 e. The maximum atomic E-state index is 6.41. The first kappa shape index (κ1) is 21.1. The summed E-state index contributed by atoms with van der Waals surface area (Å²) in [6.07, 6.45) is 0.276. The van der Waals surface area contributed by atoms with Gasteiger partial charge in [-0.3, -0.25) is 0 Å². The molecule has 0 bridgehead atoms. The second kappa shape index (κ2) is 9.73. The predicted octanol–water partition coefficient (Wildman–Crippen LogP) is 8.01. The highest BCUT2D eigenvalue weighted by atomic mass is 79.9. The van der Waals surface area contributed by atoms with Crippen molar-refractivity contribution < 1.29 is 4.74 Å². The van der Waals surface area contributed by atoms with E-state index in [1.165, 1.54) is 0 Å². The molecule has 0 radical (unpaired) electrons. The van der Waals surface area contributed by atoms with E-state index in [1.54, 1.807) is 0 Å². The van der Waals surface area contributed by atoms with Crippen LogP contribution >= 0.6 is 43.5 Å². The summed E-state index contributed by atoms with van der Waals surface area (Å²) in [5, 5.41) is 0.734. The minimum atomic E-state index is -0.362. The molecule has 3 aromatic rings. The fraction of sp³-hybridized carbons (Fsp3) is 0.174. The molecule has 0 saturated heterocycles. The van der Waals surface area contributed by atoms with E-state index in [1.807, 2.05) is 80.6 Å². The molecule has 0 fully saturated rings. The maximum Gasteiger partial charge on any atom is 0.216 e. The Kier molecular flexibility index (Phi) is 7.33. The molecule has 0 aromatic heterocycles. The fourth-order valence-electron chi connectivity index (χ4n) is 2.95. The van der Waals surface area contributed by atoms with E-state index < -0.39 is 0 Å². The summed E-state index contributed by atoms with van der Waals surface area (Å²) in [5.74, 6) is 0.823. The van der Waals surface area contributed by atoms with Crippen molar-refractivity contribution in [2.45, 2.75) is 26.5 Å². The quantitative estimate of drug-likeness (QED) is 0.342. The smallest absolute Gasteiger partial charge is 0.216 e. The first-order valence-electron chi connectivity index (χ1n) is 9.12. The average Bonchev–Trinajstić information content (AvgIpc) is 2.72. The van der Waals surface area contributed by atoms with Crippen molar-refractivity contribution in [3.05, 3.63) is 97.4 Å². The summed E-state index contributed by atoms with van der Waals surface area (Å²) in [6, 6.07) is 21.9. The van der Waals surface area contributed by atoms with Gasteiger partial charge in [-0.2, -0.15) is 0 Å². The summed E-state index contributed by atoms with van der Waals surface area (Å²) >= 11 is 13.5. The third kappa shape index (κ3) is 4.86. The standard InChI is InChI=1S/C21H14Br2ClNO.C2H6/c22-15-7-9-18(24)14(10-15)11-19-17-8-6-16(23)12-20(17)26-21(25-19)13-4-2-1-3-5-13;1-2/h1-10,12,21H,11H2;1-2H3. The molecule has 1 aliphatic heterocycles. The molecule has 2 nitrogen and oxygen atoms in total. The lowest BCUT2D eigenvalue weighted by molar-refractivity contribution is 0.210. The van der Waals surface area contributed by atoms with Crippen molar-refractivity contribution >= 4 is 49.2 Å². The van der Waals surface area contributed by atoms with E-state index in [2.05, 4.69) is 31.9 Å². The van der Waals surface area contributed by atoms with E-state index in [0.29, 0.717) is 6.42 Å². The van der Waals surface area contributed by atoms with Gasteiger partial charge >= 0.3 is 0 Å². The van der Waals surface area contributed by atoms with Gasteiger partial charge in [-0.15, -0.1) is 0 Å². The highest BCUT2D eigenvalue weighted by molar-refractivity contribution is 9.10. The summed E-state index contributed by atoms with van der Waals surface area (Å²) in [7, 11) is 0. The Morgan fingerprint density at radius 3 is 2.36 bits per heavy atom. The van der Waals surface area contributed by atoms with Gasteiger partial charge in [0.15, 0.2) is 0 Å². The Bertz CT molecular complexity index is 989. The zero-order valence-corrected chi connectivity index (χ0v) is 19.6. The van der Waals surface area contributed by atoms with E-state index in [0.717, 1.165) is 42.1 Å². The molecule has 0 spiro atoms. The fourth-order valence-corrected chi connectivity index (χ4v) is 3.88. The summed E-state index contributed by atoms with van der Waals surface area (Å²) in [4.78, 5) is 4.89. The SMILES string of the molecule is CC.Clc1ccc(Br)cc1CC1=NC(c2ccccc2)Oc2cc(Br)ccc21. The van der Waals surface area contributed by atoms with Crippen LogP contribution in [0.1, 0.15) is 36.8 Å². The Balaban J connectivity index is 0.00000109. The predicted molar refractivity (Wildman–Crippen MR) is 125 cm³/mol. The van der Waals surface area contributed by atoms with Crippen LogP contribution in [0.25, 0.3) is 0 Å². The second-order valence-electron chi connectivity index (χ2n) is 6.01. The lowest BCUT2D eigenvalue weighted by atomic mass is 9.99. The number of ether oxygens (including phenoxy) is 1. The van der Waals surface area contributed by atoms with Gasteiger partial charge < -0.3 is 4.74 Å². The van der Waals surface area contributed by atoms with E-state index in [4.69, 9.17) is 21.3 Å². The van der Waals surface area contributed by atoms with Crippen molar-refractivity contribution in [2.75, 3.05) is 0 Å². The molecule has 1 unspecified atom stereocenters. The Morgan fingerprint density at radius 2 is 1.61 bits per heavy atom. The Hall–Kier alpha value is -1.62. The zero-order chi connectivity index (χ0) is 20.1. The number of hydrogen-bond acceptors (Lipinski definition) is 2. The molecule has 28 heavy (non-hydrogen) atoms. The van der Waals surface area contributed by atoms with Crippen molar-refractivity contribution in [3.63, 3.8) is 0 Å². The van der Waals surface area contributed by atoms with Crippen molar-refractivity contribution in [1.82, 2.24) is 0 Å². The zero-order valence-electron chi connectivity index (χ0n) is 15.6. The third-order valence-electron chi connectivity index (χ3n) is 4.22. The molecule has 3 aromatic carbocycles. The molecule has 144 valence electrons. The minimum absolute atomic E-state index is 0.362. The lowest BCUT2D eigenvalue weighted by Gasteiger charge is -2.25. The number of hydrogen-bond donors (Lipinski definition) is 0. The molecule has 0 N–H and O–H groups in total. The molecule has 4 rings (SSSR count). The van der Waals surface area contributed by atoms with Crippen LogP contribution in [0.4, 0.5) is 0 Å². The van der Waals surface area contributed by atoms with Gasteiger partial charge in [-0.1, -0.05) is 87.6 Å². The number of nitrogens with zero attached hydrogens (tertiary/aromatic N) is 1. The van der Waals surface area contributed by atoms with Crippen molar-refractivity contribution in [2.24, 2.45) is 4.99 Å². The summed E-state index contributed by atoms with van der Waals surface area (Å²) in [6.45, 7) is 4.00. The normalized spacial score (nSPS) is 14.9. The molecule has 1 atom stereocenters. The van der Waals surface area contributed by atoms with Gasteiger partial charge in [0.1, 0.15) is 5.75 Å². The van der Waals surface area contributed by atoms with Crippen LogP contribution in [0.2, 0.25) is 5.02 Å². The molecule has 0 saturated carbocycles. The molecular weight excluding hydrogens is 502 g/mol. The highest BCUT2D eigenvalue weighted by Gasteiger charge is 2.24. The Morgan fingerprint density at radius 1 is 0.929 bits per heavy atom. The molecule has 1 heterocycles. The Labute approximate surface area is 187 Å². The molecule has 1 aliphatic rings. The maximum absolute atomic E-state index is 6.41. The van der Waals surface area contributed by atoms with Crippen molar-refractivity contribution in [3.8, 4) is 5.75 Å². The second-order valence-corrected chi connectivity index (χ2v) is 8.25. The first-order valence-corrected chi connectivity index (χ1v) is 11.1. The number of rotatable bonds is 3. The third-order valence-corrected chi connectivity index (χ3v) is 5.57. The number of halogens is 3. The van der Waals surface area contributed by atoms with E-state index >= 15 is 0 Å². The monoisotopic (exact) mass is 519 g/mol. The number of benzene rings is 3. The first-order chi connectivity index (χ1) is 13.6. The topological polar surface area (TPSA) is 21.6 Å². The van der Waals surface area contributed by atoms with Crippen LogP contribution in [-0.4, -0.2) is 5.71 Å². The number of aliphatic imine (C=N–C) groups is 1. The van der Waals surface area contributed by atoms with Crippen LogP contribution in [0.3, 0.4) is 0 Å². The van der Waals surface area contributed by atoms with Crippen LogP contribution < -0.4 is 4.74 Å². The lowest BCUT2D eigenvalue weighted by Crippen LogP contribution is -2.19. The largest absolute Gasteiger partial charge is 0.464 e. The van der Waals surface area contributed by atoms with Crippen LogP contribution in [0.5, 0.6) is 5.75 Å². The van der Waals surface area contributed by atoms with Gasteiger partial charge in [-0.25, -0.2) is 4.99 Å². The molecule has 0 amide bonds. The van der Waals surface area contributed by atoms with Crippen LogP contribution in [0, 0.1) is 0 Å². The van der Waals surface area contributed by atoms with Crippen LogP contribution in [0.15, 0.2) is 80.7 Å². The summed E-state index contributed by atoms with van der Waals surface area (Å²) in [5.41, 5.74) is 4.02. The number of fused-ring (bicyclic) bond motifs is 1. The van der Waals surface area contributed by atoms with Crippen molar-refractivity contribution in [1.29, 1.82) is 0 Å². The molecule has 5 heteroatoms. The van der Waals surface area contributed by atoms with Crippen LogP contribution in [-0.2, 0) is 6.42 Å².